The van der Waals surface area contributed by atoms with Crippen molar-refractivity contribution in [3.8, 4) is 0 Å². The van der Waals surface area contributed by atoms with Crippen LogP contribution in [0.15, 0.2) is 0 Å². The van der Waals surface area contributed by atoms with Crippen LogP contribution in [-0.4, -0.2) is 18.5 Å². The van der Waals surface area contributed by atoms with E-state index in [2.05, 4.69) is 5.32 Å². The maximum absolute atomic E-state index is 12.0. The van der Waals surface area contributed by atoms with Crippen LogP contribution >= 0.6 is 0 Å². The molecule has 0 saturated heterocycles. The molecule has 0 aromatic rings. The third kappa shape index (κ3) is 3.98. The van der Waals surface area contributed by atoms with Gasteiger partial charge in [-0.05, 0) is 44.4 Å². The lowest BCUT2D eigenvalue weighted by Crippen LogP contribution is -2.38. The maximum Gasteiger partial charge on any atom is 0.223 e. The van der Waals surface area contributed by atoms with Gasteiger partial charge >= 0.3 is 0 Å². The summed E-state index contributed by atoms with van der Waals surface area (Å²) in [6.07, 6.45) is 10.7. The Kier molecular flexibility index (Phi) is 4.84. The number of amides is 1. The molecule has 2 saturated carbocycles. The standard InChI is InChI=1S/C14H26N2O/c15-13-8-6-12(7-9-13)14(17)16-10-11-4-2-1-3-5-11/h11-13H,1-10,15H2,(H,16,17). The SMILES string of the molecule is NC1CCC(C(=O)NCC2CCCCC2)CC1. The van der Waals surface area contributed by atoms with Gasteiger partial charge in [-0.1, -0.05) is 19.3 Å². The Labute approximate surface area is 105 Å². The molecule has 2 rings (SSSR count). The zero-order chi connectivity index (χ0) is 12.1. The van der Waals surface area contributed by atoms with Gasteiger partial charge in [-0.2, -0.15) is 0 Å². The van der Waals surface area contributed by atoms with Crippen LogP contribution in [0.2, 0.25) is 0 Å². The number of hydrogen-bond donors (Lipinski definition) is 2. The van der Waals surface area contributed by atoms with Crippen LogP contribution in [0.5, 0.6) is 0 Å². The van der Waals surface area contributed by atoms with Crippen molar-refractivity contribution < 1.29 is 4.79 Å². The van der Waals surface area contributed by atoms with Gasteiger partial charge in [-0.25, -0.2) is 0 Å². The van der Waals surface area contributed by atoms with Crippen LogP contribution in [-0.2, 0) is 4.79 Å². The Balaban J connectivity index is 1.66. The van der Waals surface area contributed by atoms with E-state index in [0.29, 0.717) is 6.04 Å². The summed E-state index contributed by atoms with van der Waals surface area (Å²) in [6.45, 7) is 0.904. The second-order valence-electron chi connectivity index (χ2n) is 5.86. The van der Waals surface area contributed by atoms with E-state index < -0.39 is 0 Å². The van der Waals surface area contributed by atoms with Gasteiger partial charge in [0.2, 0.25) is 5.91 Å². The number of rotatable bonds is 3. The van der Waals surface area contributed by atoms with E-state index in [0.717, 1.165) is 38.1 Å². The molecular weight excluding hydrogens is 212 g/mol. The maximum atomic E-state index is 12.0. The van der Waals surface area contributed by atoms with Crippen LogP contribution in [0.3, 0.4) is 0 Å². The molecule has 3 heteroatoms. The van der Waals surface area contributed by atoms with Crippen LogP contribution in [0.25, 0.3) is 0 Å². The summed E-state index contributed by atoms with van der Waals surface area (Å²) in [5.74, 6) is 1.25. The van der Waals surface area contributed by atoms with Gasteiger partial charge < -0.3 is 11.1 Å². The minimum atomic E-state index is 0.235. The normalized spacial score (nSPS) is 31.1. The highest BCUT2D eigenvalue weighted by molar-refractivity contribution is 5.78. The molecular formula is C14H26N2O. The molecule has 0 radical (unpaired) electrons. The number of nitrogens with one attached hydrogen (secondary N) is 1. The monoisotopic (exact) mass is 238 g/mol. The van der Waals surface area contributed by atoms with Gasteiger partial charge in [0.25, 0.3) is 0 Å². The first-order valence-corrected chi connectivity index (χ1v) is 7.29. The van der Waals surface area contributed by atoms with Gasteiger partial charge in [0.05, 0.1) is 0 Å². The second-order valence-corrected chi connectivity index (χ2v) is 5.86. The smallest absolute Gasteiger partial charge is 0.223 e. The van der Waals surface area contributed by atoms with Crippen molar-refractivity contribution in [1.29, 1.82) is 0 Å². The lowest BCUT2D eigenvalue weighted by Gasteiger charge is -2.27. The number of nitrogens with two attached hydrogens (primary N) is 1. The zero-order valence-corrected chi connectivity index (χ0v) is 10.8. The van der Waals surface area contributed by atoms with E-state index in [1.807, 2.05) is 0 Å². The fourth-order valence-electron chi connectivity index (χ4n) is 3.16. The summed E-state index contributed by atoms with van der Waals surface area (Å²) in [7, 11) is 0. The van der Waals surface area contributed by atoms with Crippen molar-refractivity contribution in [2.45, 2.75) is 63.8 Å². The van der Waals surface area contributed by atoms with Crippen molar-refractivity contribution >= 4 is 5.91 Å². The molecule has 2 aliphatic rings. The second kappa shape index (κ2) is 6.39. The van der Waals surface area contributed by atoms with E-state index in [1.54, 1.807) is 0 Å². The Bertz CT molecular complexity index is 241. The average Bonchev–Trinajstić information content (AvgIpc) is 2.38. The summed E-state index contributed by atoms with van der Waals surface area (Å²) >= 11 is 0. The highest BCUT2D eigenvalue weighted by Crippen LogP contribution is 2.25. The summed E-state index contributed by atoms with van der Waals surface area (Å²) in [4.78, 5) is 12.0. The molecule has 98 valence electrons. The van der Waals surface area contributed by atoms with Gasteiger partial charge in [0.15, 0.2) is 0 Å². The Morgan fingerprint density at radius 1 is 1.00 bits per heavy atom. The quantitative estimate of drug-likeness (QED) is 0.792. The number of carbonyl (C=O) groups is 1. The molecule has 0 aromatic carbocycles. The first-order valence-electron chi connectivity index (χ1n) is 7.29. The van der Waals surface area contributed by atoms with Crippen molar-refractivity contribution in [3.63, 3.8) is 0 Å². The third-order valence-electron chi connectivity index (χ3n) is 4.43. The molecule has 2 aliphatic carbocycles. The van der Waals surface area contributed by atoms with Crippen LogP contribution in [0.1, 0.15) is 57.8 Å². The highest BCUT2D eigenvalue weighted by atomic mass is 16.1. The molecule has 3 N–H and O–H groups in total. The first kappa shape index (κ1) is 12.9. The minimum absolute atomic E-state index is 0.235. The van der Waals surface area contributed by atoms with Gasteiger partial charge in [0, 0.05) is 18.5 Å². The van der Waals surface area contributed by atoms with Crippen molar-refractivity contribution in [1.82, 2.24) is 5.32 Å². The molecule has 0 heterocycles. The molecule has 2 fully saturated rings. The van der Waals surface area contributed by atoms with Gasteiger partial charge in [-0.15, -0.1) is 0 Å². The van der Waals surface area contributed by atoms with E-state index >= 15 is 0 Å². The van der Waals surface area contributed by atoms with Crippen molar-refractivity contribution in [2.24, 2.45) is 17.6 Å². The lowest BCUT2D eigenvalue weighted by molar-refractivity contribution is -0.126. The van der Waals surface area contributed by atoms with E-state index in [-0.39, 0.29) is 11.8 Å². The predicted octanol–water partition coefficient (Wildman–Crippen LogP) is 2.20. The molecule has 3 nitrogen and oxygen atoms in total. The summed E-state index contributed by atoms with van der Waals surface area (Å²) in [5.41, 5.74) is 5.86. The molecule has 0 spiro atoms. The summed E-state index contributed by atoms with van der Waals surface area (Å²) in [6, 6.07) is 0.331. The average molecular weight is 238 g/mol. The molecule has 17 heavy (non-hydrogen) atoms. The highest BCUT2D eigenvalue weighted by Gasteiger charge is 2.25. The fraction of sp³-hybridized carbons (Fsp3) is 0.929. The number of carbonyl (C=O) groups excluding carboxylic acids is 1. The van der Waals surface area contributed by atoms with Gasteiger partial charge in [0.1, 0.15) is 0 Å². The molecule has 0 atom stereocenters. The molecule has 0 aliphatic heterocycles. The first-order chi connectivity index (χ1) is 8.25. The third-order valence-corrected chi connectivity index (χ3v) is 4.43. The molecule has 0 aromatic heterocycles. The van der Waals surface area contributed by atoms with Crippen molar-refractivity contribution in [3.05, 3.63) is 0 Å². The molecule has 0 unspecified atom stereocenters. The number of hydrogen-bond acceptors (Lipinski definition) is 2. The van der Waals surface area contributed by atoms with Gasteiger partial charge in [-0.3, -0.25) is 4.79 Å². The largest absolute Gasteiger partial charge is 0.356 e. The Morgan fingerprint density at radius 3 is 2.29 bits per heavy atom. The zero-order valence-electron chi connectivity index (χ0n) is 10.8. The summed E-state index contributed by atoms with van der Waals surface area (Å²) in [5, 5.41) is 3.16. The Morgan fingerprint density at radius 2 is 1.65 bits per heavy atom. The lowest BCUT2D eigenvalue weighted by atomic mass is 9.85. The topological polar surface area (TPSA) is 55.1 Å². The van der Waals surface area contributed by atoms with E-state index in [1.165, 1.54) is 32.1 Å². The van der Waals surface area contributed by atoms with Crippen molar-refractivity contribution in [2.75, 3.05) is 6.54 Å². The van der Waals surface area contributed by atoms with Crippen LogP contribution < -0.4 is 11.1 Å². The summed E-state index contributed by atoms with van der Waals surface area (Å²) < 4.78 is 0. The van der Waals surface area contributed by atoms with Crippen LogP contribution in [0, 0.1) is 11.8 Å². The minimum Gasteiger partial charge on any atom is -0.356 e. The predicted molar refractivity (Wildman–Crippen MR) is 69.5 cm³/mol. The van der Waals surface area contributed by atoms with E-state index in [4.69, 9.17) is 5.73 Å². The van der Waals surface area contributed by atoms with E-state index in [9.17, 15) is 4.79 Å². The molecule has 1 amide bonds. The molecule has 0 bridgehead atoms. The van der Waals surface area contributed by atoms with Crippen LogP contribution in [0.4, 0.5) is 0 Å². The Hall–Kier alpha value is -0.570. The fourth-order valence-corrected chi connectivity index (χ4v) is 3.16.